The molecule has 0 spiro atoms. The predicted octanol–water partition coefficient (Wildman–Crippen LogP) is 2.92. The van der Waals surface area contributed by atoms with Gasteiger partial charge in [-0.3, -0.25) is 9.20 Å². The first-order valence-corrected chi connectivity index (χ1v) is 9.29. The highest BCUT2D eigenvalue weighted by Gasteiger charge is 2.18. The van der Waals surface area contributed by atoms with E-state index in [9.17, 15) is 8.60 Å². The molecule has 0 aliphatic carbocycles. The number of nitrogens with one attached hydrogen (secondary N) is 2. The van der Waals surface area contributed by atoms with Gasteiger partial charge in [0.25, 0.3) is 0 Å². The number of aliphatic imine (C=N–C) groups is 1. The van der Waals surface area contributed by atoms with E-state index in [4.69, 9.17) is 4.74 Å². The summed E-state index contributed by atoms with van der Waals surface area (Å²) in [7, 11) is 0.785. The lowest BCUT2D eigenvalue weighted by molar-refractivity contribution is 0.223. The maximum atomic E-state index is 12.9. The number of nitrogens with zero attached hydrogens (tertiary/aromatic N) is 1. The second-order valence-electron chi connectivity index (χ2n) is 6.42. The lowest BCUT2D eigenvalue weighted by atomic mass is 10.3. The van der Waals surface area contributed by atoms with Crippen LogP contribution < -0.4 is 15.4 Å². The topological polar surface area (TPSA) is 62.7 Å². The third-order valence-electron chi connectivity index (χ3n) is 3.19. The first kappa shape index (κ1) is 24.1. The molecule has 1 aromatic carbocycles. The van der Waals surface area contributed by atoms with Crippen molar-refractivity contribution in [3.05, 3.63) is 30.1 Å². The highest BCUT2D eigenvalue weighted by Crippen LogP contribution is 2.12. The smallest absolute Gasteiger partial charge is 0.191 e. The quantitative estimate of drug-likeness (QED) is 0.354. The van der Waals surface area contributed by atoms with E-state index in [-0.39, 0.29) is 40.6 Å². The van der Waals surface area contributed by atoms with Gasteiger partial charge in [0.2, 0.25) is 0 Å². The van der Waals surface area contributed by atoms with Crippen LogP contribution in [-0.2, 0) is 10.8 Å². The van der Waals surface area contributed by atoms with Crippen molar-refractivity contribution in [1.29, 1.82) is 0 Å². The van der Waals surface area contributed by atoms with Crippen LogP contribution in [0.2, 0.25) is 0 Å². The van der Waals surface area contributed by atoms with Crippen LogP contribution in [0.3, 0.4) is 0 Å². The summed E-state index contributed by atoms with van der Waals surface area (Å²) in [6, 6.07) is 5.93. The van der Waals surface area contributed by atoms with Crippen LogP contribution in [0.15, 0.2) is 29.3 Å². The molecule has 2 N–H and O–H groups in total. The Morgan fingerprint density at radius 2 is 1.88 bits per heavy atom. The van der Waals surface area contributed by atoms with E-state index in [0.29, 0.717) is 30.6 Å². The van der Waals surface area contributed by atoms with Gasteiger partial charge in [-0.25, -0.2) is 4.39 Å². The van der Waals surface area contributed by atoms with Crippen LogP contribution >= 0.6 is 24.0 Å². The molecule has 8 heteroatoms. The molecule has 0 heterocycles. The molecule has 0 saturated heterocycles. The monoisotopic (exact) mass is 485 g/mol. The molecule has 2 unspecified atom stereocenters. The molecule has 5 nitrogen and oxygen atoms in total. The van der Waals surface area contributed by atoms with Crippen molar-refractivity contribution in [2.45, 2.75) is 38.5 Å². The molecular formula is C17H29FIN3O2S. The highest BCUT2D eigenvalue weighted by molar-refractivity contribution is 14.0. The molecule has 1 aromatic rings. The molecule has 0 aliphatic heterocycles. The van der Waals surface area contributed by atoms with Crippen LogP contribution in [0, 0.1) is 5.82 Å². The molecule has 0 saturated carbocycles. The van der Waals surface area contributed by atoms with Gasteiger partial charge in [-0.2, -0.15) is 0 Å². The zero-order chi connectivity index (χ0) is 18.2. The Hall–Kier alpha value is -0.900. The van der Waals surface area contributed by atoms with Crippen molar-refractivity contribution >= 4 is 40.7 Å². The standard InChI is InChI=1S/C17H28FN3O2S.HI/c1-13(23-15-8-6-14(18)7-9-15)12-21-16(19-5)20-10-11-24(22)17(2,3)4;/h6-9,13H,10-12H2,1-5H3,(H2,19,20,21);1H. The van der Waals surface area contributed by atoms with Crippen LogP contribution in [-0.4, -0.2) is 46.9 Å². The average molecular weight is 485 g/mol. The molecule has 1 rings (SSSR count). The normalized spacial score (nSPS) is 14.2. The lowest BCUT2D eigenvalue weighted by Gasteiger charge is -2.19. The van der Waals surface area contributed by atoms with E-state index in [1.807, 2.05) is 27.7 Å². The summed E-state index contributed by atoms with van der Waals surface area (Å²) in [6.45, 7) is 8.93. The summed E-state index contributed by atoms with van der Waals surface area (Å²) < 4.78 is 30.3. The van der Waals surface area contributed by atoms with Gasteiger partial charge in [-0.15, -0.1) is 24.0 Å². The van der Waals surface area contributed by atoms with Gasteiger partial charge in [0.15, 0.2) is 5.96 Å². The first-order chi connectivity index (χ1) is 11.2. The SMILES string of the molecule is CN=C(NCCS(=O)C(C)(C)C)NCC(C)Oc1ccc(F)cc1.I. The molecule has 0 amide bonds. The minimum absolute atomic E-state index is 0. The molecule has 0 aromatic heterocycles. The molecule has 144 valence electrons. The zero-order valence-electron chi connectivity index (χ0n) is 15.5. The predicted molar refractivity (Wildman–Crippen MR) is 114 cm³/mol. The van der Waals surface area contributed by atoms with Gasteiger partial charge in [0.05, 0.1) is 6.54 Å². The fraction of sp³-hybridized carbons (Fsp3) is 0.588. The van der Waals surface area contributed by atoms with Crippen LogP contribution in [0.1, 0.15) is 27.7 Å². The summed E-state index contributed by atoms with van der Waals surface area (Å²) in [5, 5.41) is 6.29. The molecule has 0 radical (unpaired) electrons. The largest absolute Gasteiger partial charge is 0.489 e. The Morgan fingerprint density at radius 1 is 1.28 bits per heavy atom. The number of ether oxygens (including phenoxy) is 1. The molecule has 25 heavy (non-hydrogen) atoms. The van der Waals surface area contributed by atoms with Gasteiger partial charge in [-0.05, 0) is 52.0 Å². The molecule has 2 atom stereocenters. The molecule has 0 bridgehead atoms. The number of rotatable bonds is 7. The number of hydrogen-bond donors (Lipinski definition) is 2. The zero-order valence-corrected chi connectivity index (χ0v) is 18.6. The van der Waals surface area contributed by atoms with E-state index in [1.54, 1.807) is 19.2 Å². The summed E-state index contributed by atoms with van der Waals surface area (Å²) in [6.07, 6.45) is -0.113. The maximum absolute atomic E-state index is 12.9. The second-order valence-corrected chi connectivity index (χ2v) is 8.75. The van der Waals surface area contributed by atoms with Gasteiger partial charge in [-0.1, -0.05) is 0 Å². The lowest BCUT2D eigenvalue weighted by Crippen LogP contribution is -2.43. The minimum Gasteiger partial charge on any atom is -0.489 e. The van der Waals surface area contributed by atoms with E-state index < -0.39 is 10.8 Å². The average Bonchev–Trinajstić information content (AvgIpc) is 2.51. The minimum atomic E-state index is -0.898. The fourth-order valence-electron chi connectivity index (χ4n) is 1.82. The Morgan fingerprint density at radius 3 is 2.40 bits per heavy atom. The van der Waals surface area contributed by atoms with Crippen LogP contribution in [0.5, 0.6) is 5.75 Å². The summed E-state index contributed by atoms with van der Waals surface area (Å²) in [5.41, 5.74) is 0. The van der Waals surface area contributed by atoms with Crippen LogP contribution in [0.4, 0.5) is 4.39 Å². The number of benzene rings is 1. The Labute approximate surface area is 169 Å². The Balaban J connectivity index is 0.00000576. The Bertz CT molecular complexity index is 562. The summed E-state index contributed by atoms with van der Waals surface area (Å²) >= 11 is 0. The van der Waals surface area contributed by atoms with Gasteiger partial charge in [0, 0.05) is 34.9 Å². The molecular weight excluding hydrogens is 456 g/mol. The van der Waals surface area contributed by atoms with Gasteiger partial charge in [0.1, 0.15) is 17.7 Å². The number of guanidine groups is 1. The molecule has 0 fully saturated rings. The van der Waals surface area contributed by atoms with Crippen molar-refractivity contribution in [2.24, 2.45) is 4.99 Å². The third kappa shape index (κ3) is 9.98. The third-order valence-corrected chi connectivity index (χ3v) is 5.14. The molecule has 0 aliphatic rings. The maximum Gasteiger partial charge on any atom is 0.191 e. The summed E-state index contributed by atoms with van der Waals surface area (Å²) in [5.74, 6) is 1.53. The first-order valence-electron chi connectivity index (χ1n) is 7.97. The van der Waals surface area contributed by atoms with Crippen molar-refractivity contribution in [3.63, 3.8) is 0 Å². The van der Waals surface area contributed by atoms with E-state index >= 15 is 0 Å². The van der Waals surface area contributed by atoms with E-state index in [1.165, 1.54) is 12.1 Å². The number of halogens is 2. The summed E-state index contributed by atoms with van der Waals surface area (Å²) in [4.78, 5) is 4.13. The second kappa shape index (κ2) is 11.7. The highest BCUT2D eigenvalue weighted by atomic mass is 127. The van der Waals surface area contributed by atoms with Gasteiger partial charge >= 0.3 is 0 Å². The van der Waals surface area contributed by atoms with Gasteiger partial charge < -0.3 is 15.4 Å². The van der Waals surface area contributed by atoms with Crippen LogP contribution in [0.25, 0.3) is 0 Å². The Kier molecular flexibility index (Phi) is 11.2. The van der Waals surface area contributed by atoms with Crippen molar-refractivity contribution < 1.29 is 13.3 Å². The number of hydrogen-bond acceptors (Lipinski definition) is 3. The van der Waals surface area contributed by atoms with Crippen molar-refractivity contribution in [3.8, 4) is 5.75 Å². The van der Waals surface area contributed by atoms with E-state index in [0.717, 1.165) is 0 Å². The van der Waals surface area contributed by atoms with Crippen molar-refractivity contribution in [2.75, 3.05) is 25.9 Å². The van der Waals surface area contributed by atoms with E-state index in [2.05, 4.69) is 15.6 Å². The van der Waals surface area contributed by atoms with Crippen molar-refractivity contribution in [1.82, 2.24) is 10.6 Å². The fourth-order valence-corrected chi connectivity index (χ4v) is 2.72.